The third kappa shape index (κ3) is 3.46. The fourth-order valence-electron chi connectivity index (χ4n) is 3.95. The fourth-order valence-corrected chi connectivity index (χ4v) is 4.83. The summed E-state index contributed by atoms with van der Waals surface area (Å²) >= 11 is 1.51. The molecule has 0 unspecified atom stereocenters. The van der Waals surface area contributed by atoms with Crippen LogP contribution >= 0.6 is 11.8 Å². The molecule has 5 aromatic rings. The Morgan fingerprint density at radius 2 is 1.91 bits per heavy atom. The van der Waals surface area contributed by atoms with Crippen molar-refractivity contribution in [1.82, 2.24) is 29.5 Å². The Hall–Kier alpha value is -3.52. The summed E-state index contributed by atoms with van der Waals surface area (Å²) in [6.45, 7) is 6.22. The van der Waals surface area contributed by atoms with Gasteiger partial charge < -0.3 is 4.98 Å². The van der Waals surface area contributed by atoms with Crippen LogP contribution in [0.4, 0.5) is 0 Å². The lowest BCUT2D eigenvalue weighted by molar-refractivity contribution is 0.815. The smallest absolute Gasteiger partial charge is 0.266 e. The highest BCUT2D eigenvalue weighted by molar-refractivity contribution is 7.98. The van der Waals surface area contributed by atoms with Crippen LogP contribution in [0.15, 0.2) is 64.9 Å². The number of rotatable bonds is 5. The number of fused-ring (bicyclic) bond motifs is 2. The van der Waals surface area contributed by atoms with E-state index in [0.29, 0.717) is 28.1 Å². The third-order valence-corrected chi connectivity index (χ3v) is 6.49. The quantitative estimate of drug-likeness (QED) is 0.311. The van der Waals surface area contributed by atoms with E-state index in [9.17, 15) is 4.79 Å². The topological polar surface area (TPSA) is 89.3 Å². The summed E-state index contributed by atoms with van der Waals surface area (Å²) < 4.78 is 1.77. The Kier molecular flexibility index (Phi) is 5.22. The predicted molar refractivity (Wildman–Crippen MR) is 127 cm³/mol. The van der Waals surface area contributed by atoms with E-state index in [2.05, 4.69) is 39.8 Å². The number of para-hydroxylation sites is 1. The zero-order chi connectivity index (χ0) is 22.2. The van der Waals surface area contributed by atoms with Gasteiger partial charge in [0.2, 0.25) is 0 Å². The molecule has 0 aliphatic carbocycles. The predicted octanol–water partition coefficient (Wildman–Crippen LogP) is 4.78. The first-order valence-electron chi connectivity index (χ1n) is 10.4. The van der Waals surface area contributed by atoms with E-state index < -0.39 is 0 Å². The summed E-state index contributed by atoms with van der Waals surface area (Å²) in [5, 5.41) is 1.42. The number of H-pyrrole nitrogens is 1. The fraction of sp³-hybridized carbons (Fsp3) is 0.208. The molecule has 7 nitrogen and oxygen atoms in total. The molecule has 1 N–H and O–H groups in total. The lowest BCUT2D eigenvalue weighted by atomic mass is 10.0. The van der Waals surface area contributed by atoms with Crippen LogP contribution in [0, 0.1) is 6.92 Å². The molecule has 0 spiro atoms. The minimum absolute atomic E-state index is 0.0498. The zero-order valence-electron chi connectivity index (χ0n) is 18.0. The first kappa shape index (κ1) is 20.4. The van der Waals surface area contributed by atoms with Crippen molar-refractivity contribution in [3.05, 3.63) is 82.4 Å². The Morgan fingerprint density at radius 1 is 1.06 bits per heavy atom. The number of nitrogens with zero attached hydrogens (tertiary/aromatic N) is 5. The van der Waals surface area contributed by atoms with Crippen molar-refractivity contribution in [3.63, 3.8) is 0 Å². The standard InChI is InChI=1S/C24H22N6OS/c1-14(2)16-8-4-5-10-18(16)30-19(29-17-9-6-7-15(3)20(17)24(30)31)11-32-23-21-22(26-12-25-21)27-13-28-23/h4-10,12-14H,11H2,1-3H3,(H,25,26,27,28). The van der Waals surface area contributed by atoms with Crippen LogP contribution in [0.5, 0.6) is 0 Å². The van der Waals surface area contributed by atoms with Crippen molar-refractivity contribution in [2.24, 2.45) is 0 Å². The molecule has 0 aliphatic rings. The SMILES string of the molecule is Cc1cccc2nc(CSc3ncnc4nc[nH]c34)n(-c3ccccc3C(C)C)c(=O)c12. The molecule has 32 heavy (non-hydrogen) atoms. The van der Waals surface area contributed by atoms with E-state index in [1.165, 1.54) is 18.1 Å². The third-order valence-electron chi connectivity index (χ3n) is 5.50. The number of aromatic nitrogens is 6. The van der Waals surface area contributed by atoms with Crippen LogP contribution in [0.3, 0.4) is 0 Å². The Bertz CT molecular complexity index is 1500. The molecule has 8 heteroatoms. The van der Waals surface area contributed by atoms with Gasteiger partial charge in [-0.3, -0.25) is 9.36 Å². The zero-order valence-corrected chi connectivity index (χ0v) is 18.8. The molecule has 2 aromatic carbocycles. The number of hydrogen-bond acceptors (Lipinski definition) is 6. The molecule has 0 amide bonds. The highest BCUT2D eigenvalue weighted by Crippen LogP contribution is 2.28. The number of aryl methyl sites for hydroxylation is 1. The van der Waals surface area contributed by atoms with Crippen LogP contribution in [-0.2, 0) is 5.75 Å². The largest absolute Gasteiger partial charge is 0.341 e. The average Bonchev–Trinajstić information content (AvgIpc) is 3.27. The molecule has 160 valence electrons. The van der Waals surface area contributed by atoms with E-state index in [4.69, 9.17) is 4.98 Å². The summed E-state index contributed by atoms with van der Waals surface area (Å²) in [6, 6.07) is 13.8. The van der Waals surface area contributed by atoms with Crippen molar-refractivity contribution in [2.45, 2.75) is 37.5 Å². The lowest BCUT2D eigenvalue weighted by Gasteiger charge is -2.19. The number of hydrogen-bond donors (Lipinski definition) is 1. The van der Waals surface area contributed by atoms with E-state index in [0.717, 1.165) is 27.4 Å². The summed E-state index contributed by atoms with van der Waals surface area (Å²) in [5.74, 6) is 1.41. The van der Waals surface area contributed by atoms with Crippen LogP contribution in [0.2, 0.25) is 0 Å². The monoisotopic (exact) mass is 442 g/mol. The molecular weight excluding hydrogens is 420 g/mol. The van der Waals surface area contributed by atoms with Gasteiger partial charge >= 0.3 is 0 Å². The van der Waals surface area contributed by atoms with E-state index >= 15 is 0 Å². The summed E-state index contributed by atoms with van der Waals surface area (Å²) in [5.41, 5.74) is 4.95. The van der Waals surface area contributed by atoms with Crippen LogP contribution in [-0.4, -0.2) is 29.5 Å². The van der Waals surface area contributed by atoms with Crippen molar-refractivity contribution in [3.8, 4) is 5.69 Å². The van der Waals surface area contributed by atoms with Crippen molar-refractivity contribution < 1.29 is 0 Å². The van der Waals surface area contributed by atoms with Crippen molar-refractivity contribution in [1.29, 1.82) is 0 Å². The van der Waals surface area contributed by atoms with Gasteiger partial charge in [-0.15, -0.1) is 0 Å². The van der Waals surface area contributed by atoms with Gasteiger partial charge in [0, 0.05) is 0 Å². The van der Waals surface area contributed by atoms with Crippen LogP contribution in [0.25, 0.3) is 27.8 Å². The molecule has 0 aliphatic heterocycles. The van der Waals surface area contributed by atoms with Crippen molar-refractivity contribution >= 4 is 33.8 Å². The minimum atomic E-state index is -0.0498. The molecule has 0 fully saturated rings. The molecule has 0 atom stereocenters. The molecule has 0 bridgehead atoms. The first-order valence-corrected chi connectivity index (χ1v) is 11.4. The second kappa shape index (κ2) is 8.20. The number of aromatic amines is 1. The highest BCUT2D eigenvalue weighted by Gasteiger charge is 2.18. The Balaban J connectivity index is 1.70. The normalized spacial score (nSPS) is 11.6. The molecule has 0 saturated carbocycles. The van der Waals surface area contributed by atoms with Gasteiger partial charge in [-0.2, -0.15) is 0 Å². The Labute approximate surface area is 189 Å². The molecule has 3 heterocycles. The average molecular weight is 443 g/mol. The van der Waals surface area contributed by atoms with E-state index in [1.54, 1.807) is 10.9 Å². The summed E-state index contributed by atoms with van der Waals surface area (Å²) in [7, 11) is 0. The second-order valence-corrected chi connectivity index (χ2v) is 8.88. The van der Waals surface area contributed by atoms with Gasteiger partial charge in [-0.1, -0.05) is 55.9 Å². The van der Waals surface area contributed by atoms with Gasteiger partial charge in [0.25, 0.3) is 5.56 Å². The van der Waals surface area contributed by atoms with Gasteiger partial charge in [0.1, 0.15) is 22.7 Å². The second-order valence-electron chi connectivity index (χ2n) is 7.92. The number of imidazole rings is 1. The molecule has 3 aromatic heterocycles. The lowest BCUT2D eigenvalue weighted by Crippen LogP contribution is -2.25. The molecule has 0 radical (unpaired) electrons. The van der Waals surface area contributed by atoms with Gasteiger partial charge in [-0.25, -0.2) is 19.9 Å². The highest BCUT2D eigenvalue weighted by atomic mass is 32.2. The summed E-state index contributed by atoms with van der Waals surface area (Å²) in [6.07, 6.45) is 3.11. The number of thioether (sulfide) groups is 1. The molecule has 5 rings (SSSR count). The van der Waals surface area contributed by atoms with Crippen molar-refractivity contribution in [2.75, 3.05) is 0 Å². The maximum Gasteiger partial charge on any atom is 0.266 e. The van der Waals surface area contributed by atoms with Gasteiger partial charge in [0.15, 0.2) is 5.65 Å². The maximum atomic E-state index is 13.8. The van der Waals surface area contributed by atoms with E-state index in [-0.39, 0.29) is 11.5 Å². The molecule has 0 saturated heterocycles. The number of nitrogens with one attached hydrogen (secondary N) is 1. The van der Waals surface area contributed by atoms with Crippen LogP contribution < -0.4 is 5.56 Å². The maximum absolute atomic E-state index is 13.8. The Morgan fingerprint density at radius 3 is 2.75 bits per heavy atom. The van der Waals surface area contributed by atoms with Gasteiger partial charge in [-0.05, 0) is 36.1 Å². The van der Waals surface area contributed by atoms with Gasteiger partial charge in [0.05, 0.1) is 28.7 Å². The van der Waals surface area contributed by atoms with Crippen LogP contribution in [0.1, 0.15) is 36.7 Å². The minimum Gasteiger partial charge on any atom is -0.341 e. The first-order chi connectivity index (χ1) is 15.5. The van der Waals surface area contributed by atoms with E-state index in [1.807, 2.05) is 43.3 Å². The molecular formula is C24H22N6OS. The number of benzene rings is 2. The summed E-state index contributed by atoms with van der Waals surface area (Å²) in [4.78, 5) is 34.6.